The van der Waals surface area contributed by atoms with Crippen LogP contribution in [-0.2, 0) is 4.79 Å². The normalized spacial score (nSPS) is 24.8. The molecule has 2 heteroatoms. The molecule has 0 aromatic carbocycles. The van der Waals surface area contributed by atoms with E-state index in [2.05, 4.69) is 20.4 Å². The summed E-state index contributed by atoms with van der Waals surface area (Å²) in [5.74, 6) is 0.712. The molecule has 0 bridgehead atoms. The van der Waals surface area contributed by atoms with E-state index in [4.69, 9.17) is 0 Å². The lowest BCUT2D eigenvalue weighted by molar-refractivity contribution is -0.125. The molecule has 0 aliphatic heterocycles. The van der Waals surface area contributed by atoms with Crippen molar-refractivity contribution in [2.75, 3.05) is 13.6 Å². The summed E-state index contributed by atoms with van der Waals surface area (Å²) >= 11 is 0. The van der Waals surface area contributed by atoms with E-state index in [1.807, 2.05) is 7.05 Å². The average Bonchev–Trinajstić information content (AvgIpc) is 2.57. The van der Waals surface area contributed by atoms with E-state index in [0.717, 1.165) is 6.54 Å². The monoisotopic (exact) mass is 167 g/mol. The molecule has 0 saturated heterocycles. The molecule has 0 N–H and O–H groups in total. The third kappa shape index (κ3) is 1.87. The molecule has 1 fully saturated rings. The van der Waals surface area contributed by atoms with Gasteiger partial charge < -0.3 is 4.90 Å². The zero-order valence-electron chi connectivity index (χ0n) is 8.13. The summed E-state index contributed by atoms with van der Waals surface area (Å²) in [6, 6.07) is 0. The molecular formula is C10H17NO. The molecule has 1 saturated carbocycles. The van der Waals surface area contributed by atoms with Crippen LogP contribution in [0.15, 0.2) is 12.7 Å². The maximum Gasteiger partial charge on any atom is 0.245 e. The molecule has 1 amide bonds. The fourth-order valence-corrected chi connectivity index (χ4v) is 1.46. The number of amides is 1. The predicted octanol–water partition coefficient (Wildman–Crippen LogP) is 1.68. The molecule has 1 atom stereocenters. The van der Waals surface area contributed by atoms with Crippen LogP contribution in [0.5, 0.6) is 0 Å². The quantitative estimate of drug-likeness (QED) is 0.586. The minimum atomic E-state index is 0.0256. The summed E-state index contributed by atoms with van der Waals surface area (Å²) in [5.41, 5.74) is 0.454. The van der Waals surface area contributed by atoms with Gasteiger partial charge in [-0.25, -0.2) is 0 Å². The molecule has 0 aromatic heterocycles. The van der Waals surface area contributed by atoms with Crippen LogP contribution in [0.4, 0.5) is 0 Å². The Balaban J connectivity index is 2.33. The summed E-state index contributed by atoms with van der Waals surface area (Å²) in [6.45, 7) is 8.81. The largest absolute Gasteiger partial charge is 0.342 e. The highest BCUT2D eigenvalue weighted by Gasteiger charge is 2.45. The van der Waals surface area contributed by atoms with Gasteiger partial charge in [0, 0.05) is 13.6 Å². The Morgan fingerprint density at radius 1 is 1.75 bits per heavy atom. The molecule has 68 valence electrons. The van der Waals surface area contributed by atoms with Crippen LogP contribution in [0.2, 0.25) is 0 Å². The van der Waals surface area contributed by atoms with Gasteiger partial charge in [0.2, 0.25) is 5.91 Å². The van der Waals surface area contributed by atoms with Crippen molar-refractivity contribution in [1.82, 2.24) is 4.90 Å². The van der Waals surface area contributed by atoms with Gasteiger partial charge in [0.25, 0.3) is 0 Å². The Morgan fingerprint density at radius 2 is 2.25 bits per heavy atom. The van der Waals surface area contributed by atoms with Crippen LogP contribution in [0.25, 0.3) is 0 Å². The van der Waals surface area contributed by atoms with Crippen LogP contribution >= 0.6 is 0 Å². The second-order valence-electron chi connectivity index (χ2n) is 4.31. The first-order valence-corrected chi connectivity index (χ1v) is 4.35. The minimum absolute atomic E-state index is 0.0256. The summed E-state index contributed by atoms with van der Waals surface area (Å²) < 4.78 is 0. The van der Waals surface area contributed by atoms with Crippen molar-refractivity contribution < 1.29 is 4.79 Å². The number of hydrogen-bond acceptors (Lipinski definition) is 1. The van der Waals surface area contributed by atoms with Gasteiger partial charge in [-0.05, 0) is 23.8 Å². The fraction of sp³-hybridized carbons (Fsp3) is 0.700. The van der Waals surface area contributed by atoms with Crippen LogP contribution < -0.4 is 0 Å². The average molecular weight is 167 g/mol. The number of nitrogens with zero attached hydrogens (tertiary/aromatic N) is 1. The summed E-state index contributed by atoms with van der Waals surface area (Å²) in [4.78, 5) is 12.8. The SMILES string of the molecule is C=CC(=O)N(C)CC1CC1(C)C. The first-order chi connectivity index (χ1) is 5.47. The molecule has 1 aliphatic carbocycles. The predicted molar refractivity (Wildman–Crippen MR) is 49.7 cm³/mol. The Morgan fingerprint density at radius 3 is 2.58 bits per heavy atom. The third-order valence-corrected chi connectivity index (χ3v) is 2.76. The van der Waals surface area contributed by atoms with Gasteiger partial charge in [0.15, 0.2) is 0 Å². The maximum atomic E-state index is 11.1. The Labute approximate surface area is 74.2 Å². The van der Waals surface area contributed by atoms with Gasteiger partial charge in [-0.3, -0.25) is 4.79 Å². The van der Waals surface area contributed by atoms with Gasteiger partial charge in [-0.1, -0.05) is 20.4 Å². The number of hydrogen-bond donors (Lipinski definition) is 0. The van der Waals surface area contributed by atoms with Crippen LogP contribution in [0, 0.1) is 11.3 Å². The summed E-state index contributed by atoms with van der Waals surface area (Å²) in [5, 5.41) is 0. The second kappa shape index (κ2) is 2.92. The highest BCUT2D eigenvalue weighted by molar-refractivity contribution is 5.86. The molecule has 0 aromatic rings. The minimum Gasteiger partial charge on any atom is -0.342 e. The van der Waals surface area contributed by atoms with Crippen molar-refractivity contribution in [3.63, 3.8) is 0 Å². The van der Waals surface area contributed by atoms with E-state index in [0.29, 0.717) is 11.3 Å². The summed E-state index contributed by atoms with van der Waals surface area (Å²) in [7, 11) is 1.83. The standard InChI is InChI=1S/C10H17NO/c1-5-9(12)11(4)7-8-6-10(8,2)3/h5,8H,1,6-7H2,2-4H3. The number of carbonyl (C=O) groups is 1. The van der Waals surface area contributed by atoms with Gasteiger partial charge in [-0.2, -0.15) is 0 Å². The van der Waals surface area contributed by atoms with E-state index >= 15 is 0 Å². The third-order valence-electron chi connectivity index (χ3n) is 2.76. The second-order valence-corrected chi connectivity index (χ2v) is 4.31. The molecule has 1 rings (SSSR count). The van der Waals surface area contributed by atoms with Gasteiger partial charge in [0.1, 0.15) is 0 Å². The van der Waals surface area contributed by atoms with Crippen molar-refractivity contribution in [1.29, 1.82) is 0 Å². The zero-order chi connectivity index (χ0) is 9.35. The molecule has 2 nitrogen and oxygen atoms in total. The van der Waals surface area contributed by atoms with Crippen molar-refractivity contribution in [2.45, 2.75) is 20.3 Å². The van der Waals surface area contributed by atoms with Crippen LogP contribution in [-0.4, -0.2) is 24.4 Å². The van der Waals surface area contributed by atoms with Crippen LogP contribution in [0.1, 0.15) is 20.3 Å². The highest BCUT2D eigenvalue weighted by atomic mass is 16.2. The van der Waals surface area contributed by atoms with Gasteiger partial charge in [0.05, 0.1) is 0 Å². The molecule has 0 spiro atoms. The first-order valence-electron chi connectivity index (χ1n) is 4.35. The molecule has 1 unspecified atom stereocenters. The van der Waals surface area contributed by atoms with Gasteiger partial charge >= 0.3 is 0 Å². The van der Waals surface area contributed by atoms with Crippen molar-refractivity contribution in [3.8, 4) is 0 Å². The fourth-order valence-electron chi connectivity index (χ4n) is 1.46. The first kappa shape index (κ1) is 9.30. The number of likely N-dealkylation sites (N-methyl/N-ethyl adjacent to an activating group) is 1. The van der Waals surface area contributed by atoms with E-state index in [9.17, 15) is 4.79 Å². The van der Waals surface area contributed by atoms with E-state index in [1.165, 1.54) is 12.5 Å². The Hall–Kier alpha value is -0.790. The lowest BCUT2D eigenvalue weighted by atomic mass is 10.1. The van der Waals surface area contributed by atoms with Crippen molar-refractivity contribution in [2.24, 2.45) is 11.3 Å². The molecular weight excluding hydrogens is 150 g/mol. The molecule has 12 heavy (non-hydrogen) atoms. The van der Waals surface area contributed by atoms with Gasteiger partial charge in [-0.15, -0.1) is 0 Å². The smallest absolute Gasteiger partial charge is 0.245 e. The Bertz CT molecular complexity index is 208. The lowest BCUT2D eigenvalue weighted by Gasteiger charge is -2.15. The van der Waals surface area contributed by atoms with E-state index in [1.54, 1.807) is 4.90 Å². The van der Waals surface area contributed by atoms with E-state index in [-0.39, 0.29) is 5.91 Å². The number of carbonyl (C=O) groups excluding carboxylic acids is 1. The molecule has 0 heterocycles. The molecule has 1 aliphatic rings. The van der Waals surface area contributed by atoms with E-state index < -0.39 is 0 Å². The van der Waals surface area contributed by atoms with Crippen molar-refractivity contribution >= 4 is 5.91 Å². The topological polar surface area (TPSA) is 20.3 Å². The van der Waals surface area contributed by atoms with Crippen LogP contribution in [0.3, 0.4) is 0 Å². The number of rotatable bonds is 3. The summed E-state index contributed by atoms with van der Waals surface area (Å²) in [6.07, 6.45) is 2.61. The maximum absolute atomic E-state index is 11.1. The lowest BCUT2D eigenvalue weighted by Crippen LogP contribution is -2.27. The molecule has 0 radical (unpaired) electrons. The Kier molecular flexibility index (Phi) is 2.27. The zero-order valence-corrected chi connectivity index (χ0v) is 8.13. The highest BCUT2D eigenvalue weighted by Crippen LogP contribution is 2.51. The van der Waals surface area contributed by atoms with Crippen molar-refractivity contribution in [3.05, 3.63) is 12.7 Å².